The number of carboxylic acid groups (broad SMARTS) is 1. The van der Waals surface area contributed by atoms with Crippen molar-refractivity contribution < 1.29 is 24.3 Å². The molecule has 0 radical (unpaired) electrons. The van der Waals surface area contributed by atoms with Gasteiger partial charge in [0.15, 0.2) is 10.8 Å². The maximum absolute atomic E-state index is 13.0. The standard InChI is InChI=1S/C18H21N9O5S3/c1-7(2)32-23-10(9-6-34-17(19)20-9)13(28)21-11-14(29)27-12(16(30)31)8(4-33-15(11)27)5-35-18-22-24-25-26(18)3/h6-7,11,15H,4-5H2,1-3H3,(H2,19,20)(H,21,28)(H,30,31)/t11?,15-/m0/s1. The number of thiazole rings is 1. The van der Waals surface area contributed by atoms with E-state index >= 15 is 0 Å². The Hall–Kier alpha value is -3.18. The molecular weight excluding hydrogens is 518 g/mol. The van der Waals surface area contributed by atoms with Crippen LogP contribution in [0.3, 0.4) is 0 Å². The summed E-state index contributed by atoms with van der Waals surface area (Å²) >= 11 is 3.77. The van der Waals surface area contributed by atoms with E-state index < -0.39 is 29.2 Å². The molecule has 2 aliphatic rings. The number of carbonyl (C=O) groups excluding carboxylic acids is 2. The van der Waals surface area contributed by atoms with E-state index in [9.17, 15) is 19.5 Å². The number of thioether (sulfide) groups is 2. The SMILES string of the molecule is CC(C)ON=C(C(=O)NC1C(=O)N2C(C(=O)O)=C(CSc3nnnn3C)CS[C@@H]12)c1csc(N)n1. The summed E-state index contributed by atoms with van der Waals surface area (Å²) in [7, 11) is 1.68. The number of rotatable bonds is 9. The summed E-state index contributed by atoms with van der Waals surface area (Å²) in [5.74, 6) is -1.76. The first-order valence-corrected chi connectivity index (χ1v) is 13.1. The van der Waals surface area contributed by atoms with Crippen LogP contribution in [-0.2, 0) is 26.3 Å². The molecule has 186 valence electrons. The number of oxime groups is 1. The number of nitrogens with zero attached hydrogens (tertiary/aromatic N) is 7. The van der Waals surface area contributed by atoms with Crippen LogP contribution in [0.15, 0.2) is 27.0 Å². The predicted molar refractivity (Wildman–Crippen MR) is 128 cm³/mol. The number of anilines is 1. The van der Waals surface area contributed by atoms with Crippen molar-refractivity contribution in [3.05, 3.63) is 22.3 Å². The molecule has 4 heterocycles. The number of hydrogen-bond acceptors (Lipinski definition) is 13. The van der Waals surface area contributed by atoms with E-state index in [0.717, 1.165) is 11.3 Å². The van der Waals surface area contributed by atoms with Gasteiger partial charge in [-0.3, -0.25) is 14.5 Å². The van der Waals surface area contributed by atoms with Crippen molar-refractivity contribution in [2.75, 3.05) is 17.2 Å². The van der Waals surface area contributed by atoms with Gasteiger partial charge in [0.05, 0.1) is 0 Å². The summed E-state index contributed by atoms with van der Waals surface area (Å²) in [4.78, 5) is 48.5. The van der Waals surface area contributed by atoms with Crippen molar-refractivity contribution in [3.63, 3.8) is 0 Å². The highest BCUT2D eigenvalue weighted by molar-refractivity contribution is 8.01. The Labute approximate surface area is 211 Å². The summed E-state index contributed by atoms with van der Waals surface area (Å²) in [6, 6.07) is -0.931. The van der Waals surface area contributed by atoms with Crippen LogP contribution in [0.2, 0.25) is 0 Å². The Morgan fingerprint density at radius 1 is 1.46 bits per heavy atom. The van der Waals surface area contributed by atoms with Crippen LogP contribution in [0.5, 0.6) is 0 Å². The summed E-state index contributed by atoms with van der Waals surface area (Å²) in [6.07, 6.45) is -0.291. The number of hydrogen-bond donors (Lipinski definition) is 3. The van der Waals surface area contributed by atoms with E-state index in [-0.39, 0.29) is 28.3 Å². The Morgan fingerprint density at radius 3 is 2.83 bits per heavy atom. The third-order valence-corrected chi connectivity index (χ3v) is 7.94. The zero-order valence-electron chi connectivity index (χ0n) is 18.7. The minimum Gasteiger partial charge on any atom is -0.477 e. The fraction of sp³-hybridized carbons (Fsp3) is 0.444. The molecule has 2 amide bonds. The molecule has 1 fully saturated rings. The predicted octanol–water partition coefficient (Wildman–Crippen LogP) is -0.0912. The maximum atomic E-state index is 13.0. The lowest BCUT2D eigenvalue weighted by atomic mass is 10.0. The second-order valence-electron chi connectivity index (χ2n) is 7.66. The second-order valence-corrected chi connectivity index (χ2v) is 10.6. The van der Waals surface area contributed by atoms with Gasteiger partial charge in [0, 0.05) is 23.9 Å². The molecule has 1 unspecified atom stereocenters. The van der Waals surface area contributed by atoms with Crippen LogP contribution in [0.1, 0.15) is 19.5 Å². The number of carbonyl (C=O) groups is 3. The Kier molecular flexibility index (Phi) is 7.27. The molecule has 17 heteroatoms. The molecule has 14 nitrogen and oxygen atoms in total. The van der Waals surface area contributed by atoms with Gasteiger partial charge in [0.1, 0.15) is 28.9 Å². The molecule has 0 saturated carbocycles. The number of carboxylic acids is 1. The molecule has 2 atom stereocenters. The number of aryl methyl sites for hydroxylation is 1. The zero-order chi connectivity index (χ0) is 25.3. The normalized spacial score (nSPS) is 20.1. The third kappa shape index (κ3) is 5.10. The molecule has 1 saturated heterocycles. The largest absolute Gasteiger partial charge is 0.477 e. The van der Waals surface area contributed by atoms with Crippen LogP contribution in [0, 0.1) is 0 Å². The molecule has 4 rings (SSSR count). The first kappa shape index (κ1) is 24.9. The molecule has 0 bridgehead atoms. The van der Waals surface area contributed by atoms with E-state index in [1.54, 1.807) is 26.3 Å². The molecule has 0 aromatic carbocycles. The Balaban J connectivity index is 1.50. The maximum Gasteiger partial charge on any atom is 0.352 e. The molecule has 4 N–H and O–H groups in total. The lowest BCUT2D eigenvalue weighted by Crippen LogP contribution is -2.71. The summed E-state index contributed by atoms with van der Waals surface area (Å²) < 4.78 is 1.48. The molecule has 2 aromatic heterocycles. The third-order valence-electron chi connectivity index (χ3n) is 4.83. The molecule has 0 aliphatic carbocycles. The van der Waals surface area contributed by atoms with E-state index in [4.69, 9.17) is 10.6 Å². The van der Waals surface area contributed by atoms with Crippen molar-refractivity contribution in [2.24, 2.45) is 12.2 Å². The van der Waals surface area contributed by atoms with Crippen LogP contribution in [-0.4, -0.2) is 87.7 Å². The summed E-state index contributed by atoms with van der Waals surface area (Å²) in [5.41, 5.74) is 6.25. The van der Waals surface area contributed by atoms with Crippen LogP contribution in [0.4, 0.5) is 5.13 Å². The average molecular weight is 540 g/mol. The Bertz CT molecular complexity index is 1220. The fourth-order valence-corrected chi connectivity index (χ4v) is 6.14. The zero-order valence-corrected chi connectivity index (χ0v) is 21.2. The van der Waals surface area contributed by atoms with E-state index in [1.165, 1.54) is 33.1 Å². The summed E-state index contributed by atoms with van der Waals surface area (Å²) in [6.45, 7) is 3.49. The van der Waals surface area contributed by atoms with Gasteiger partial charge in [-0.05, 0) is 29.8 Å². The lowest BCUT2D eigenvalue weighted by molar-refractivity contribution is -0.150. The van der Waals surface area contributed by atoms with E-state index in [2.05, 4.69) is 31.0 Å². The van der Waals surface area contributed by atoms with Crippen molar-refractivity contribution in [2.45, 2.75) is 36.5 Å². The molecule has 2 aromatic rings. The number of nitrogens with one attached hydrogen (secondary N) is 1. The average Bonchev–Trinajstić information content (AvgIpc) is 3.42. The molecule has 0 spiro atoms. The smallest absolute Gasteiger partial charge is 0.352 e. The number of amides is 2. The topological polar surface area (TPSA) is 191 Å². The summed E-state index contributed by atoms with van der Waals surface area (Å²) in [5, 5.41) is 29.3. The van der Waals surface area contributed by atoms with Crippen molar-refractivity contribution >= 4 is 63.5 Å². The number of fused-ring (bicyclic) bond motifs is 1. The van der Waals surface area contributed by atoms with Crippen molar-refractivity contribution in [3.8, 4) is 0 Å². The number of tetrazole rings is 1. The number of aromatic nitrogens is 5. The van der Waals surface area contributed by atoms with Crippen LogP contribution in [0.25, 0.3) is 0 Å². The number of nitrogen functional groups attached to an aromatic ring is 1. The van der Waals surface area contributed by atoms with Gasteiger partial charge < -0.3 is 21.0 Å². The first-order chi connectivity index (χ1) is 16.7. The second kappa shape index (κ2) is 10.2. The van der Waals surface area contributed by atoms with Crippen LogP contribution >= 0.6 is 34.9 Å². The van der Waals surface area contributed by atoms with E-state index in [0.29, 0.717) is 22.2 Å². The minimum absolute atomic E-state index is 0.0869. The number of aliphatic carboxylic acids is 1. The highest BCUT2D eigenvalue weighted by Crippen LogP contribution is 2.41. The van der Waals surface area contributed by atoms with Crippen LogP contribution < -0.4 is 11.1 Å². The van der Waals surface area contributed by atoms with Gasteiger partial charge in [-0.25, -0.2) is 14.5 Å². The number of β-lactam (4-membered cyclic amide) rings is 1. The highest BCUT2D eigenvalue weighted by Gasteiger charge is 2.54. The lowest BCUT2D eigenvalue weighted by Gasteiger charge is -2.49. The van der Waals surface area contributed by atoms with Gasteiger partial charge in [-0.1, -0.05) is 16.9 Å². The van der Waals surface area contributed by atoms with Gasteiger partial charge in [0.2, 0.25) is 5.16 Å². The first-order valence-electron chi connectivity index (χ1n) is 10.2. The number of nitrogens with two attached hydrogens (primary N) is 1. The Morgan fingerprint density at radius 2 is 2.23 bits per heavy atom. The quantitative estimate of drug-likeness (QED) is 0.166. The van der Waals surface area contributed by atoms with Gasteiger partial charge >= 0.3 is 5.97 Å². The minimum atomic E-state index is -1.22. The molecule has 35 heavy (non-hydrogen) atoms. The van der Waals surface area contributed by atoms with Crippen molar-refractivity contribution in [1.82, 2.24) is 35.4 Å². The van der Waals surface area contributed by atoms with Gasteiger partial charge in [0.25, 0.3) is 11.8 Å². The molecular formula is C18H21N9O5S3. The van der Waals surface area contributed by atoms with Gasteiger partial charge in [-0.15, -0.1) is 28.2 Å². The van der Waals surface area contributed by atoms with Gasteiger partial charge in [-0.2, -0.15) is 0 Å². The fourth-order valence-electron chi connectivity index (χ4n) is 3.26. The van der Waals surface area contributed by atoms with Crippen molar-refractivity contribution in [1.29, 1.82) is 0 Å². The van der Waals surface area contributed by atoms with E-state index in [1.807, 2.05) is 0 Å². The monoisotopic (exact) mass is 539 g/mol. The highest BCUT2D eigenvalue weighted by atomic mass is 32.2. The molecule has 2 aliphatic heterocycles.